The molecule has 0 amide bonds. The van der Waals surface area contributed by atoms with E-state index in [-0.39, 0.29) is 17.7 Å². The molecule has 0 spiro atoms. The molecule has 0 unspecified atom stereocenters. The van der Waals surface area contributed by atoms with Crippen LogP contribution in [0, 0.1) is 0 Å². The summed E-state index contributed by atoms with van der Waals surface area (Å²) in [6.45, 7) is 4.00. The molecule has 0 aliphatic carbocycles. The molecule has 0 saturated carbocycles. The zero-order valence-corrected chi connectivity index (χ0v) is 29.2. The number of methoxy groups -OCH3 is 3. The summed E-state index contributed by atoms with van der Waals surface area (Å²) in [5.41, 5.74) is 2.73. The second-order valence-corrected chi connectivity index (χ2v) is 12.6. The van der Waals surface area contributed by atoms with Gasteiger partial charge in [0.05, 0.1) is 54.3 Å². The third-order valence-electron chi connectivity index (χ3n) is 7.09. The second kappa shape index (κ2) is 14.1. The number of thiazole rings is 1. The number of rotatable bonds is 10. The van der Waals surface area contributed by atoms with Crippen molar-refractivity contribution >= 4 is 55.2 Å². The number of hydrogen-bond donors (Lipinski definition) is 0. The third kappa shape index (κ3) is 6.58. The van der Waals surface area contributed by atoms with E-state index in [1.165, 1.54) is 30.1 Å². The first kappa shape index (κ1) is 32.5. The first-order valence-corrected chi connectivity index (χ1v) is 16.3. The van der Waals surface area contributed by atoms with Crippen molar-refractivity contribution in [2.45, 2.75) is 26.5 Å². The van der Waals surface area contributed by atoms with Gasteiger partial charge in [0.1, 0.15) is 6.61 Å². The van der Waals surface area contributed by atoms with E-state index in [2.05, 4.69) is 36.9 Å². The van der Waals surface area contributed by atoms with Crippen molar-refractivity contribution in [3.8, 4) is 23.0 Å². The molecule has 0 fully saturated rings. The molecule has 12 heteroatoms. The molecule has 4 aromatic rings. The van der Waals surface area contributed by atoms with Gasteiger partial charge in [-0.3, -0.25) is 9.36 Å². The summed E-state index contributed by atoms with van der Waals surface area (Å²) in [5.74, 6) is 1.44. The number of ether oxygens (including phenoxy) is 5. The van der Waals surface area contributed by atoms with Crippen molar-refractivity contribution < 1.29 is 28.5 Å². The molecule has 0 radical (unpaired) electrons. The second-order valence-electron chi connectivity index (χ2n) is 9.84. The minimum absolute atomic E-state index is 0.168. The molecule has 1 aliphatic rings. The van der Waals surface area contributed by atoms with Crippen molar-refractivity contribution in [1.29, 1.82) is 0 Å². The van der Waals surface area contributed by atoms with E-state index in [4.69, 9.17) is 23.7 Å². The maximum atomic E-state index is 14.2. The molecule has 5 rings (SSSR count). The molecule has 0 N–H and O–H groups in total. The Balaban J connectivity index is 1.64. The summed E-state index contributed by atoms with van der Waals surface area (Å²) in [5, 5.41) is 0. The Kier molecular flexibility index (Phi) is 10.2. The van der Waals surface area contributed by atoms with Gasteiger partial charge in [-0.15, -0.1) is 0 Å². The van der Waals surface area contributed by atoms with E-state index in [0.717, 1.165) is 5.56 Å². The fourth-order valence-corrected chi connectivity index (χ4v) is 7.17. The van der Waals surface area contributed by atoms with E-state index >= 15 is 0 Å². The van der Waals surface area contributed by atoms with Crippen LogP contribution in [-0.4, -0.2) is 38.5 Å². The normalized spacial score (nSPS) is 14.5. The zero-order valence-electron chi connectivity index (χ0n) is 25.2. The van der Waals surface area contributed by atoms with Crippen molar-refractivity contribution in [3.63, 3.8) is 0 Å². The van der Waals surface area contributed by atoms with E-state index < -0.39 is 12.0 Å². The zero-order chi connectivity index (χ0) is 32.2. The molecule has 0 bridgehead atoms. The molecule has 1 aliphatic heterocycles. The van der Waals surface area contributed by atoms with Gasteiger partial charge in [-0.25, -0.2) is 9.79 Å². The van der Waals surface area contributed by atoms with E-state index in [1.807, 2.05) is 36.4 Å². The Hall–Kier alpha value is -3.87. The van der Waals surface area contributed by atoms with Gasteiger partial charge in [0.15, 0.2) is 27.8 Å². The maximum Gasteiger partial charge on any atom is 0.338 e. The monoisotopic (exact) mass is 756 g/mol. The van der Waals surface area contributed by atoms with Crippen LogP contribution in [0.25, 0.3) is 6.08 Å². The maximum absolute atomic E-state index is 14.2. The smallest absolute Gasteiger partial charge is 0.338 e. The fourth-order valence-electron chi connectivity index (χ4n) is 5.01. The van der Waals surface area contributed by atoms with E-state index in [0.29, 0.717) is 64.7 Å². The molecule has 1 atom stereocenters. The third-order valence-corrected chi connectivity index (χ3v) is 9.35. The average Bonchev–Trinajstić information content (AvgIpc) is 3.33. The van der Waals surface area contributed by atoms with Crippen LogP contribution in [0.4, 0.5) is 0 Å². The number of benzene rings is 3. The molecule has 2 heterocycles. The Morgan fingerprint density at radius 3 is 2.33 bits per heavy atom. The van der Waals surface area contributed by atoms with Gasteiger partial charge in [-0.2, -0.15) is 0 Å². The first-order valence-electron chi connectivity index (χ1n) is 13.9. The van der Waals surface area contributed by atoms with Crippen LogP contribution in [0.3, 0.4) is 0 Å². The lowest BCUT2D eigenvalue weighted by Gasteiger charge is -2.26. The predicted molar refractivity (Wildman–Crippen MR) is 179 cm³/mol. The average molecular weight is 758 g/mol. The number of halogens is 2. The SMILES string of the molecule is CCOC(=O)C1=C(C)N=c2s/c(=C\c3cc(Br)c(OCc4ccccc4)c(OC)c3)c(=O)n2[C@@H]1c1cc(OC)c(OC)cc1Br. The Morgan fingerprint density at radius 1 is 0.978 bits per heavy atom. The number of carbonyl (C=O) groups is 1. The Morgan fingerprint density at radius 2 is 1.67 bits per heavy atom. The van der Waals surface area contributed by atoms with Crippen LogP contribution >= 0.6 is 43.2 Å². The largest absolute Gasteiger partial charge is 0.493 e. The van der Waals surface area contributed by atoms with Crippen molar-refractivity contribution in [2.24, 2.45) is 4.99 Å². The highest BCUT2D eigenvalue weighted by molar-refractivity contribution is 9.10. The number of carbonyl (C=O) groups excluding carboxylic acids is 1. The molecule has 3 aromatic carbocycles. The van der Waals surface area contributed by atoms with E-state index in [1.54, 1.807) is 45.2 Å². The molecular weight excluding hydrogens is 728 g/mol. The number of hydrogen-bond acceptors (Lipinski definition) is 9. The highest BCUT2D eigenvalue weighted by atomic mass is 79.9. The van der Waals surface area contributed by atoms with Gasteiger partial charge in [-0.05, 0) is 76.8 Å². The van der Waals surface area contributed by atoms with Gasteiger partial charge in [0, 0.05) is 4.47 Å². The van der Waals surface area contributed by atoms with Gasteiger partial charge in [-0.1, -0.05) is 57.6 Å². The number of aromatic nitrogens is 1. The highest BCUT2D eigenvalue weighted by Crippen LogP contribution is 2.41. The standard InChI is InChI=1S/C33H30Br2N2O7S/c1-6-43-32(39)28-18(2)36-33-37(29(28)21-15-24(40-3)25(41-4)16-22(21)34)31(38)27(45-33)14-20-12-23(35)30(26(13-20)42-5)44-17-19-10-8-7-9-11-19/h7-16,29H,6,17H2,1-5H3/b27-14-/t29-/m1/s1. The van der Waals surface area contributed by atoms with Crippen LogP contribution in [-0.2, 0) is 16.1 Å². The summed E-state index contributed by atoms with van der Waals surface area (Å²) in [4.78, 5) is 32.6. The quantitative estimate of drug-likeness (QED) is 0.185. The number of fused-ring (bicyclic) bond motifs is 1. The lowest BCUT2D eigenvalue weighted by molar-refractivity contribution is -0.139. The van der Waals surface area contributed by atoms with Gasteiger partial charge in [0.25, 0.3) is 5.56 Å². The topological polar surface area (TPSA) is 97.6 Å². The predicted octanol–water partition coefficient (Wildman–Crippen LogP) is 5.93. The molecule has 234 valence electrons. The molecule has 45 heavy (non-hydrogen) atoms. The summed E-state index contributed by atoms with van der Waals surface area (Å²) < 4.78 is 31.4. The van der Waals surface area contributed by atoms with Gasteiger partial charge in [0.2, 0.25) is 0 Å². The van der Waals surface area contributed by atoms with E-state index in [9.17, 15) is 9.59 Å². The fraction of sp³-hybridized carbons (Fsp3) is 0.242. The van der Waals surface area contributed by atoms with Crippen molar-refractivity contribution in [1.82, 2.24) is 4.57 Å². The molecule has 9 nitrogen and oxygen atoms in total. The van der Waals surface area contributed by atoms with Crippen LogP contribution in [0.5, 0.6) is 23.0 Å². The van der Waals surface area contributed by atoms with Gasteiger partial charge < -0.3 is 23.7 Å². The molecule has 1 aromatic heterocycles. The molecular formula is C33H30Br2N2O7S. The lowest BCUT2D eigenvalue weighted by atomic mass is 9.95. The van der Waals surface area contributed by atoms with Gasteiger partial charge >= 0.3 is 5.97 Å². The van der Waals surface area contributed by atoms with Crippen molar-refractivity contribution in [2.75, 3.05) is 27.9 Å². The minimum atomic E-state index is -0.841. The van der Waals surface area contributed by atoms with Crippen LogP contribution < -0.4 is 33.8 Å². The van der Waals surface area contributed by atoms with Crippen molar-refractivity contribution in [3.05, 3.63) is 111 Å². The summed E-state index contributed by atoms with van der Waals surface area (Å²) in [7, 11) is 4.63. The summed E-state index contributed by atoms with van der Waals surface area (Å²) >= 11 is 8.46. The molecule has 0 saturated heterocycles. The van der Waals surface area contributed by atoms with Crippen LogP contribution in [0.1, 0.15) is 36.6 Å². The number of esters is 1. The summed E-state index contributed by atoms with van der Waals surface area (Å²) in [6, 6.07) is 16.1. The Labute approximate surface area is 280 Å². The number of allylic oxidation sites excluding steroid dienone is 1. The Bertz CT molecular complexity index is 1970. The van der Waals surface area contributed by atoms with Crippen LogP contribution in [0.2, 0.25) is 0 Å². The lowest BCUT2D eigenvalue weighted by Crippen LogP contribution is -2.40. The first-order chi connectivity index (χ1) is 21.7. The minimum Gasteiger partial charge on any atom is -0.493 e. The highest BCUT2D eigenvalue weighted by Gasteiger charge is 2.35. The summed E-state index contributed by atoms with van der Waals surface area (Å²) in [6.07, 6.45) is 1.77. The number of nitrogens with zero attached hydrogens (tertiary/aromatic N) is 2. The van der Waals surface area contributed by atoms with Crippen LogP contribution in [0.15, 0.2) is 84.6 Å².